The van der Waals surface area contributed by atoms with Crippen molar-refractivity contribution in [2.75, 3.05) is 7.05 Å². The Morgan fingerprint density at radius 3 is 3.05 bits per heavy atom. The Labute approximate surface area is 125 Å². The maximum atomic E-state index is 13.2. The van der Waals surface area contributed by atoms with Gasteiger partial charge in [0.2, 0.25) is 0 Å². The Morgan fingerprint density at radius 1 is 1.48 bits per heavy atom. The first kappa shape index (κ1) is 13.8. The van der Waals surface area contributed by atoms with Crippen molar-refractivity contribution in [1.29, 1.82) is 0 Å². The minimum atomic E-state index is -0.297. The monoisotopic (exact) mass is 303 g/mol. The van der Waals surface area contributed by atoms with E-state index in [4.69, 9.17) is 0 Å². The van der Waals surface area contributed by atoms with Crippen LogP contribution >= 0.6 is 11.3 Å². The molecule has 1 amide bonds. The molecule has 0 aliphatic rings. The summed E-state index contributed by atoms with van der Waals surface area (Å²) in [7, 11) is 1.71. The molecule has 21 heavy (non-hydrogen) atoms. The normalized spacial score (nSPS) is 11.0. The zero-order valence-corrected chi connectivity index (χ0v) is 12.5. The molecule has 0 saturated carbocycles. The number of hydrogen-bond donors (Lipinski definition) is 0. The first-order valence-corrected chi connectivity index (χ1v) is 7.36. The summed E-state index contributed by atoms with van der Waals surface area (Å²) >= 11 is 1.49. The van der Waals surface area contributed by atoms with E-state index < -0.39 is 0 Å². The smallest absolute Gasteiger partial charge is 0.272 e. The highest BCUT2D eigenvalue weighted by Crippen LogP contribution is 2.19. The molecule has 0 bridgehead atoms. The zero-order chi connectivity index (χ0) is 15.0. The minimum Gasteiger partial charge on any atom is -0.336 e. The lowest BCUT2D eigenvalue weighted by Gasteiger charge is -2.17. The van der Waals surface area contributed by atoms with Crippen LogP contribution in [0.4, 0.5) is 4.39 Å². The van der Waals surface area contributed by atoms with Crippen LogP contribution in [-0.4, -0.2) is 27.2 Å². The van der Waals surface area contributed by atoms with Gasteiger partial charge in [0.05, 0.1) is 5.69 Å². The lowest BCUT2D eigenvalue weighted by Crippen LogP contribution is -2.27. The van der Waals surface area contributed by atoms with E-state index in [0.717, 1.165) is 10.5 Å². The molecule has 0 aliphatic heterocycles. The molecular formula is C15H14FN3OS. The molecule has 3 aromatic rings. The first-order chi connectivity index (χ1) is 10.1. The molecule has 0 aliphatic carbocycles. The van der Waals surface area contributed by atoms with Gasteiger partial charge in [0.15, 0.2) is 4.96 Å². The highest BCUT2D eigenvalue weighted by molar-refractivity contribution is 7.15. The molecule has 0 fully saturated rings. The summed E-state index contributed by atoms with van der Waals surface area (Å²) in [5.74, 6) is -0.420. The highest BCUT2D eigenvalue weighted by atomic mass is 32.1. The fourth-order valence-electron chi connectivity index (χ4n) is 2.31. The Kier molecular flexibility index (Phi) is 3.47. The van der Waals surface area contributed by atoms with Crippen molar-refractivity contribution in [2.45, 2.75) is 13.5 Å². The van der Waals surface area contributed by atoms with Gasteiger partial charge in [-0.15, -0.1) is 11.3 Å². The highest BCUT2D eigenvalue weighted by Gasteiger charge is 2.20. The third-order valence-corrected chi connectivity index (χ3v) is 4.05. The van der Waals surface area contributed by atoms with E-state index in [2.05, 4.69) is 4.98 Å². The molecule has 4 nitrogen and oxygen atoms in total. The van der Waals surface area contributed by atoms with Crippen LogP contribution in [0.3, 0.4) is 0 Å². The first-order valence-electron chi connectivity index (χ1n) is 6.48. The summed E-state index contributed by atoms with van der Waals surface area (Å²) in [6.45, 7) is 2.18. The number of imidazole rings is 1. The van der Waals surface area contributed by atoms with Crippen molar-refractivity contribution in [1.82, 2.24) is 14.3 Å². The average Bonchev–Trinajstić information content (AvgIpc) is 2.97. The molecule has 2 heterocycles. The van der Waals surface area contributed by atoms with Gasteiger partial charge in [-0.05, 0) is 24.6 Å². The molecule has 0 N–H and O–H groups in total. The predicted octanol–water partition coefficient (Wildman–Crippen LogP) is 3.12. The number of fused-ring (bicyclic) bond motifs is 1. The Balaban J connectivity index is 1.87. The van der Waals surface area contributed by atoms with Crippen molar-refractivity contribution >= 4 is 22.2 Å². The SMILES string of the molecule is Cc1nc2sccn2c1C(=O)N(C)Cc1cccc(F)c1. The molecule has 0 saturated heterocycles. The van der Waals surface area contributed by atoms with Crippen molar-refractivity contribution in [3.8, 4) is 0 Å². The summed E-state index contributed by atoms with van der Waals surface area (Å²) < 4.78 is 15.0. The number of nitrogens with zero attached hydrogens (tertiary/aromatic N) is 3. The third kappa shape index (κ3) is 2.54. The molecule has 3 rings (SSSR count). The lowest BCUT2D eigenvalue weighted by atomic mass is 10.2. The number of aromatic nitrogens is 2. The number of halogens is 1. The van der Waals surface area contributed by atoms with Gasteiger partial charge < -0.3 is 4.90 Å². The topological polar surface area (TPSA) is 37.6 Å². The minimum absolute atomic E-state index is 0.123. The zero-order valence-electron chi connectivity index (χ0n) is 11.7. The Bertz CT molecular complexity index is 808. The van der Waals surface area contributed by atoms with E-state index in [9.17, 15) is 9.18 Å². The lowest BCUT2D eigenvalue weighted by molar-refractivity contribution is 0.0777. The van der Waals surface area contributed by atoms with Crippen molar-refractivity contribution in [2.24, 2.45) is 0 Å². The van der Waals surface area contributed by atoms with Gasteiger partial charge in [0.1, 0.15) is 11.5 Å². The van der Waals surface area contributed by atoms with Crippen LogP contribution < -0.4 is 0 Å². The van der Waals surface area contributed by atoms with Gasteiger partial charge in [-0.2, -0.15) is 0 Å². The number of benzene rings is 1. The van der Waals surface area contributed by atoms with Crippen LogP contribution in [-0.2, 0) is 6.54 Å². The van der Waals surface area contributed by atoms with Crippen LogP contribution in [0.25, 0.3) is 4.96 Å². The van der Waals surface area contributed by atoms with Crippen LogP contribution in [0, 0.1) is 12.7 Å². The standard InChI is InChI=1S/C15H14FN3OS/c1-10-13(19-6-7-21-15(19)17-10)14(20)18(2)9-11-4-3-5-12(16)8-11/h3-8H,9H2,1-2H3. The van der Waals surface area contributed by atoms with E-state index in [0.29, 0.717) is 17.9 Å². The molecule has 1 aromatic carbocycles. The largest absolute Gasteiger partial charge is 0.336 e. The third-order valence-electron chi connectivity index (χ3n) is 3.29. The van der Waals surface area contributed by atoms with Crippen molar-refractivity contribution in [3.05, 3.63) is 58.6 Å². The van der Waals surface area contributed by atoms with Crippen molar-refractivity contribution < 1.29 is 9.18 Å². The van der Waals surface area contributed by atoms with E-state index >= 15 is 0 Å². The van der Waals surface area contributed by atoms with Gasteiger partial charge in [-0.25, -0.2) is 9.37 Å². The van der Waals surface area contributed by atoms with Crippen LogP contribution in [0.15, 0.2) is 35.8 Å². The Morgan fingerprint density at radius 2 is 2.29 bits per heavy atom. The number of hydrogen-bond acceptors (Lipinski definition) is 3. The van der Waals surface area contributed by atoms with Crippen LogP contribution in [0.1, 0.15) is 21.7 Å². The fraction of sp³-hybridized carbons (Fsp3) is 0.200. The number of amides is 1. The second kappa shape index (κ2) is 5.29. The summed E-state index contributed by atoms with van der Waals surface area (Å²) in [6.07, 6.45) is 1.84. The van der Waals surface area contributed by atoms with Crippen LogP contribution in [0.2, 0.25) is 0 Å². The van der Waals surface area contributed by atoms with E-state index in [1.165, 1.54) is 23.5 Å². The van der Waals surface area contributed by atoms with Gasteiger partial charge >= 0.3 is 0 Å². The number of rotatable bonds is 3. The molecule has 2 aromatic heterocycles. The van der Waals surface area contributed by atoms with Gasteiger partial charge in [-0.1, -0.05) is 12.1 Å². The predicted molar refractivity (Wildman–Crippen MR) is 80.0 cm³/mol. The van der Waals surface area contributed by atoms with E-state index in [1.54, 1.807) is 28.5 Å². The van der Waals surface area contributed by atoms with Gasteiger partial charge in [0, 0.05) is 25.2 Å². The number of carbonyl (C=O) groups is 1. The fourth-order valence-corrected chi connectivity index (χ4v) is 3.07. The summed E-state index contributed by atoms with van der Waals surface area (Å²) in [4.78, 5) is 19.3. The quantitative estimate of drug-likeness (QED) is 0.745. The van der Waals surface area contributed by atoms with Crippen LogP contribution in [0.5, 0.6) is 0 Å². The van der Waals surface area contributed by atoms with Gasteiger partial charge in [0.25, 0.3) is 5.91 Å². The molecule has 108 valence electrons. The molecule has 0 unspecified atom stereocenters. The molecule has 0 atom stereocenters. The second-order valence-electron chi connectivity index (χ2n) is 4.89. The maximum absolute atomic E-state index is 13.2. The average molecular weight is 303 g/mol. The number of aryl methyl sites for hydroxylation is 1. The molecule has 6 heteroatoms. The second-order valence-corrected chi connectivity index (χ2v) is 5.77. The Hall–Kier alpha value is -2.21. The number of carbonyl (C=O) groups excluding carboxylic acids is 1. The maximum Gasteiger partial charge on any atom is 0.272 e. The summed E-state index contributed by atoms with van der Waals surface area (Å²) in [5, 5.41) is 1.89. The molecule has 0 spiro atoms. The van der Waals surface area contributed by atoms with E-state index in [1.807, 2.05) is 18.5 Å². The summed E-state index contributed by atoms with van der Waals surface area (Å²) in [5.41, 5.74) is 2.03. The number of thiazole rings is 1. The van der Waals surface area contributed by atoms with Gasteiger partial charge in [-0.3, -0.25) is 9.20 Å². The molecule has 0 radical (unpaired) electrons. The summed E-state index contributed by atoms with van der Waals surface area (Å²) in [6, 6.07) is 6.27. The van der Waals surface area contributed by atoms with Crippen molar-refractivity contribution in [3.63, 3.8) is 0 Å². The molecular weight excluding hydrogens is 289 g/mol. The van der Waals surface area contributed by atoms with E-state index in [-0.39, 0.29) is 11.7 Å².